The van der Waals surface area contributed by atoms with Crippen molar-refractivity contribution in [3.05, 3.63) is 47.8 Å². The Morgan fingerprint density at radius 1 is 1.32 bits per heavy atom. The number of carbonyl (C=O) groups is 1. The van der Waals surface area contributed by atoms with Gasteiger partial charge < -0.3 is 10.6 Å². The van der Waals surface area contributed by atoms with E-state index in [2.05, 4.69) is 15.7 Å². The first-order chi connectivity index (χ1) is 10.0. The maximum Gasteiger partial charge on any atom is 0.271 e. The zero-order valence-electron chi connectivity index (χ0n) is 12.1. The van der Waals surface area contributed by atoms with Gasteiger partial charge in [-0.1, -0.05) is 6.07 Å². The molecule has 0 spiro atoms. The van der Waals surface area contributed by atoms with Crippen LogP contribution in [0.25, 0.3) is 5.69 Å². The number of benzene rings is 1. The van der Waals surface area contributed by atoms with Crippen molar-refractivity contribution in [2.24, 2.45) is 0 Å². The van der Waals surface area contributed by atoms with Gasteiger partial charge in [0.25, 0.3) is 5.91 Å². The van der Waals surface area contributed by atoms with Crippen LogP contribution in [-0.2, 0) is 0 Å². The van der Waals surface area contributed by atoms with Gasteiger partial charge in [0, 0.05) is 18.8 Å². The molecule has 0 aliphatic rings. The molecule has 1 heterocycles. The summed E-state index contributed by atoms with van der Waals surface area (Å²) in [7, 11) is 1.78. The van der Waals surface area contributed by atoms with Crippen LogP contribution in [0.2, 0.25) is 0 Å². The normalized spacial score (nSPS) is 11.6. The molecule has 0 aliphatic carbocycles. The smallest absolute Gasteiger partial charge is 0.271 e. The Kier molecular flexibility index (Phi) is 6.45. The highest BCUT2D eigenvalue weighted by Crippen LogP contribution is 2.16. The first-order valence-corrected chi connectivity index (χ1v) is 6.48. The fourth-order valence-corrected chi connectivity index (χ4v) is 1.72. The van der Waals surface area contributed by atoms with E-state index < -0.39 is 17.5 Å². The zero-order valence-corrected chi connectivity index (χ0v) is 13.0. The minimum Gasteiger partial charge on any atom is -0.349 e. The molecule has 1 aromatic heterocycles. The summed E-state index contributed by atoms with van der Waals surface area (Å²) in [5.41, 5.74) is -0.207. The molecule has 0 bridgehead atoms. The molecular weight excluding hydrogens is 314 g/mol. The second kappa shape index (κ2) is 7.86. The second-order valence-electron chi connectivity index (χ2n) is 4.62. The highest BCUT2D eigenvalue weighted by atomic mass is 35.5. The zero-order chi connectivity index (χ0) is 15.4. The summed E-state index contributed by atoms with van der Waals surface area (Å²) in [4.78, 5) is 11.9. The highest BCUT2D eigenvalue weighted by molar-refractivity contribution is 5.92. The number of para-hydroxylation sites is 1. The van der Waals surface area contributed by atoms with Crippen molar-refractivity contribution in [1.29, 1.82) is 0 Å². The topological polar surface area (TPSA) is 58.9 Å². The number of halogens is 3. The standard InChI is InChI=1S/C14H16F2N4O.ClH/c1-9(17-2)8-18-14(21)12-6-7-20(19-12)13-10(15)4-3-5-11(13)16;/h3-7,9,17H,8H2,1-2H3,(H,18,21);1H. The Morgan fingerprint density at radius 3 is 2.55 bits per heavy atom. The third kappa shape index (κ3) is 4.02. The molecule has 1 aromatic carbocycles. The molecule has 2 rings (SSSR count). The van der Waals surface area contributed by atoms with Crippen molar-refractivity contribution in [3.8, 4) is 5.69 Å². The molecule has 0 fully saturated rings. The van der Waals surface area contributed by atoms with Gasteiger partial charge in [-0.05, 0) is 32.2 Å². The number of rotatable bonds is 5. The van der Waals surface area contributed by atoms with Gasteiger partial charge >= 0.3 is 0 Å². The quantitative estimate of drug-likeness (QED) is 0.880. The monoisotopic (exact) mass is 330 g/mol. The highest BCUT2D eigenvalue weighted by Gasteiger charge is 2.15. The maximum absolute atomic E-state index is 13.6. The van der Waals surface area contributed by atoms with Crippen LogP contribution < -0.4 is 10.6 Å². The van der Waals surface area contributed by atoms with Crippen LogP contribution in [0.5, 0.6) is 0 Å². The molecule has 1 unspecified atom stereocenters. The van der Waals surface area contributed by atoms with Crippen molar-refractivity contribution in [2.75, 3.05) is 13.6 Å². The molecule has 1 atom stereocenters. The van der Waals surface area contributed by atoms with Crippen molar-refractivity contribution < 1.29 is 13.6 Å². The van der Waals surface area contributed by atoms with Crippen LogP contribution in [0.3, 0.4) is 0 Å². The molecule has 22 heavy (non-hydrogen) atoms. The van der Waals surface area contributed by atoms with E-state index in [-0.39, 0.29) is 29.8 Å². The number of hydrogen-bond acceptors (Lipinski definition) is 3. The predicted octanol–water partition coefficient (Wildman–Crippen LogP) is 1.91. The van der Waals surface area contributed by atoms with E-state index >= 15 is 0 Å². The van der Waals surface area contributed by atoms with Crippen molar-refractivity contribution in [2.45, 2.75) is 13.0 Å². The van der Waals surface area contributed by atoms with Crippen LogP contribution in [0, 0.1) is 11.6 Å². The molecule has 0 radical (unpaired) electrons. The number of aromatic nitrogens is 2. The molecule has 0 saturated heterocycles. The third-order valence-electron chi connectivity index (χ3n) is 3.05. The fourth-order valence-electron chi connectivity index (χ4n) is 1.72. The first kappa shape index (κ1) is 18.1. The molecule has 120 valence electrons. The number of hydrogen-bond donors (Lipinski definition) is 2. The molecule has 0 aliphatic heterocycles. The summed E-state index contributed by atoms with van der Waals surface area (Å²) >= 11 is 0. The van der Waals surface area contributed by atoms with Crippen LogP contribution in [-0.4, -0.2) is 35.3 Å². The fraction of sp³-hybridized carbons (Fsp3) is 0.286. The van der Waals surface area contributed by atoms with Gasteiger partial charge in [-0.3, -0.25) is 4.79 Å². The van der Waals surface area contributed by atoms with Crippen LogP contribution in [0.15, 0.2) is 30.5 Å². The number of nitrogens with one attached hydrogen (secondary N) is 2. The van der Waals surface area contributed by atoms with Crippen molar-refractivity contribution in [3.63, 3.8) is 0 Å². The predicted molar refractivity (Wildman–Crippen MR) is 81.6 cm³/mol. The van der Waals surface area contributed by atoms with Gasteiger partial charge in [-0.2, -0.15) is 5.10 Å². The van der Waals surface area contributed by atoms with Crippen molar-refractivity contribution >= 4 is 18.3 Å². The summed E-state index contributed by atoms with van der Waals surface area (Å²) in [6.45, 7) is 2.34. The van der Waals surface area contributed by atoms with Crippen molar-refractivity contribution in [1.82, 2.24) is 20.4 Å². The van der Waals surface area contributed by atoms with Crippen LogP contribution >= 0.6 is 12.4 Å². The largest absolute Gasteiger partial charge is 0.349 e. The Labute approximate surface area is 133 Å². The lowest BCUT2D eigenvalue weighted by molar-refractivity contribution is 0.0945. The Morgan fingerprint density at radius 2 is 1.95 bits per heavy atom. The van der Waals surface area contributed by atoms with E-state index in [1.54, 1.807) is 7.05 Å². The number of nitrogens with zero attached hydrogens (tertiary/aromatic N) is 2. The molecule has 5 nitrogen and oxygen atoms in total. The molecule has 8 heteroatoms. The molecule has 0 saturated carbocycles. The van der Waals surface area contributed by atoms with E-state index in [1.807, 2.05) is 6.92 Å². The van der Waals surface area contributed by atoms with E-state index in [9.17, 15) is 13.6 Å². The summed E-state index contributed by atoms with van der Waals surface area (Å²) in [6, 6.07) is 5.05. The van der Waals surface area contributed by atoms with Gasteiger partial charge in [0.1, 0.15) is 5.69 Å². The molecule has 2 aromatic rings. The first-order valence-electron chi connectivity index (χ1n) is 6.48. The van der Waals surface area contributed by atoms with E-state index in [1.165, 1.54) is 18.3 Å². The minimum absolute atomic E-state index is 0. The second-order valence-corrected chi connectivity index (χ2v) is 4.62. The van der Waals surface area contributed by atoms with E-state index in [4.69, 9.17) is 0 Å². The third-order valence-corrected chi connectivity index (χ3v) is 3.05. The maximum atomic E-state index is 13.6. The molecular formula is C14H17ClF2N4O. The Balaban J connectivity index is 0.00000242. The van der Waals surface area contributed by atoms with Crippen LogP contribution in [0.1, 0.15) is 17.4 Å². The van der Waals surface area contributed by atoms with Gasteiger partial charge in [-0.15, -0.1) is 12.4 Å². The van der Waals surface area contributed by atoms with Gasteiger partial charge in [0.05, 0.1) is 0 Å². The summed E-state index contributed by atoms with van der Waals surface area (Å²) in [6.07, 6.45) is 1.35. The summed E-state index contributed by atoms with van der Waals surface area (Å²) in [5, 5.41) is 9.57. The number of amides is 1. The summed E-state index contributed by atoms with van der Waals surface area (Å²) in [5.74, 6) is -1.88. The average Bonchev–Trinajstić information content (AvgIpc) is 2.93. The van der Waals surface area contributed by atoms with Gasteiger partial charge in [0.2, 0.25) is 0 Å². The number of carbonyl (C=O) groups excluding carboxylic acids is 1. The van der Waals surface area contributed by atoms with E-state index in [0.717, 1.165) is 16.8 Å². The Bertz CT molecular complexity index is 627. The lowest BCUT2D eigenvalue weighted by Crippen LogP contribution is -2.37. The SMILES string of the molecule is CNC(C)CNC(=O)c1ccn(-c2c(F)cccc2F)n1.Cl. The number of likely N-dealkylation sites (N-methyl/N-ethyl adjacent to an activating group) is 1. The minimum atomic E-state index is -0.742. The molecule has 1 amide bonds. The average molecular weight is 331 g/mol. The summed E-state index contributed by atoms with van der Waals surface area (Å²) < 4.78 is 28.3. The Hall–Kier alpha value is -1.99. The van der Waals surface area contributed by atoms with Crippen LogP contribution in [0.4, 0.5) is 8.78 Å². The van der Waals surface area contributed by atoms with E-state index in [0.29, 0.717) is 6.54 Å². The van der Waals surface area contributed by atoms with Gasteiger partial charge in [0.15, 0.2) is 17.3 Å². The lowest BCUT2D eigenvalue weighted by atomic mass is 10.3. The van der Waals surface area contributed by atoms with Gasteiger partial charge in [-0.25, -0.2) is 13.5 Å². The lowest BCUT2D eigenvalue weighted by Gasteiger charge is -2.10. The molecule has 2 N–H and O–H groups in total.